The fraction of sp³-hybridized carbons (Fsp3) is 0.333. The van der Waals surface area contributed by atoms with Crippen LogP contribution in [0.15, 0.2) is 35.1 Å². The number of H-pyrrole nitrogens is 1. The molecule has 1 aliphatic carbocycles. The number of aromatic nitrogens is 2. The molecule has 5 nitrogen and oxygen atoms in total. The summed E-state index contributed by atoms with van der Waals surface area (Å²) >= 11 is 0. The van der Waals surface area contributed by atoms with Crippen LogP contribution in [0.2, 0.25) is 0 Å². The molecule has 0 unspecified atom stereocenters. The van der Waals surface area contributed by atoms with Gasteiger partial charge in [-0.3, -0.25) is 4.79 Å². The van der Waals surface area contributed by atoms with Crippen molar-refractivity contribution in [2.45, 2.75) is 25.3 Å². The summed E-state index contributed by atoms with van der Waals surface area (Å²) in [5.41, 5.74) is 7.48. The van der Waals surface area contributed by atoms with Crippen molar-refractivity contribution in [3.05, 3.63) is 52.1 Å². The summed E-state index contributed by atoms with van der Waals surface area (Å²) < 4.78 is 0. The molecule has 1 saturated carbocycles. The second-order valence-electron chi connectivity index (χ2n) is 5.36. The molecule has 0 aliphatic heterocycles. The molecule has 0 spiro atoms. The quantitative estimate of drug-likeness (QED) is 0.832. The zero-order chi connectivity index (χ0) is 14.1. The van der Waals surface area contributed by atoms with E-state index in [0.717, 1.165) is 29.9 Å². The minimum Gasteiger partial charge on any atom is -0.399 e. The van der Waals surface area contributed by atoms with Crippen LogP contribution in [-0.2, 0) is 6.54 Å². The Bertz CT molecular complexity index is 658. The van der Waals surface area contributed by atoms with Crippen molar-refractivity contribution >= 4 is 11.5 Å². The summed E-state index contributed by atoms with van der Waals surface area (Å²) in [4.78, 5) is 21.1. The first-order valence-corrected chi connectivity index (χ1v) is 6.78. The van der Waals surface area contributed by atoms with Gasteiger partial charge in [-0.25, -0.2) is 4.98 Å². The molecule has 1 aromatic carbocycles. The molecule has 0 amide bonds. The summed E-state index contributed by atoms with van der Waals surface area (Å²) in [5, 5.41) is 0. The highest BCUT2D eigenvalue weighted by atomic mass is 16.1. The van der Waals surface area contributed by atoms with E-state index in [-0.39, 0.29) is 5.56 Å². The third-order valence-electron chi connectivity index (χ3n) is 3.50. The van der Waals surface area contributed by atoms with E-state index in [0.29, 0.717) is 18.3 Å². The Balaban J connectivity index is 1.81. The van der Waals surface area contributed by atoms with E-state index < -0.39 is 0 Å². The second-order valence-corrected chi connectivity index (χ2v) is 5.36. The minimum absolute atomic E-state index is 0.0824. The standard InChI is InChI=1S/C15H18N4O/c1-19(9-10-2-6-12(16)7-3-10)13-8-14(20)18-15(17-13)11-4-5-11/h2-3,6-8,11H,4-5,9,16H2,1H3,(H,17,18,20). The monoisotopic (exact) mass is 270 g/mol. The number of benzene rings is 1. The Kier molecular flexibility index (Phi) is 3.18. The number of nitrogens with one attached hydrogen (secondary N) is 1. The molecule has 1 heterocycles. The largest absolute Gasteiger partial charge is 0.399 e. The predicted molar refractivity (Wildman–Crippen MR) is 79.8 cm³/mol. The van der Waals surface area contributed by atoms with Gasteiger partial charge >= 0.3 is 0 Å². The molecule has 3 rings (SSSR count). The predicted octanol–water partition coefficient (Wildman–Crippen LogP) is 1.87. The van der Waals surface area contributed by atoms with E-state index in [1.54, 1.807) is 6.07 Å². The summed E-state index contributed by atoms with van der Waals surface area (Å²) in [6.45, 7) is 0.695. The van der Waals surface area contributed by atoms with Crippen LogP contribution in [0.5, 0.6) is 0 Å². The maximum absolute atomic E-state index is 11.7. The van der Waals surface area contributed by atoms with E-state index in [9.17, 15) is 4.79 Å². The van der Waals surface area contributed by atoms with Gasteiger partial charge in [-0.2, -0.15) is 0 Å². The minimum atomic E-state index is -0.0824. The lowest BCUT2D eigenvalue weighted by atomic mass is 10.2. The smallest absolute Gasteiger partial charge is 0.252 e. The number of nitrogens with two attached hydrogens (primary N) is 1. The zero-order valence-electron chi connectivity index (χ0n) is 11.5. The summed E-state index contributed by atoms with van der Waals surface area (Å²) in [6, 6.07) is 9.28. The SMILES string of the molecule is CN(Cc1ccc(N)cc1)c1cc(=O)[nH]c(C2CC2)n1. The molecular formula is C15H18N4O. The number of rotatable bonds is 4. The Labute approximate surface area is 117 Å². The first-order chi connectivity index (χ1) is 9.61. The Morgan fingerprint density at radius 3 is 2.70 bits per heavy atom. The number of aromatic amines is 1. The maximum atomic E-state index is 11.7. The molecule has 2 aromatic rings. The van der Waals surface area contributed by atoms with Crippen molar-refractivity contribution in [2.75, 3.05) is 17.7 Å². The fourth-order valence-electron chi connectivity index (χ4n) is 2.19. The topological polar surface area (TPSA) is 75.0 Å². The van der Waals surface area contributed by atoms with Crippen molar-refractivity contribution in [1.82, 2.24) is 9.97 Å². The first kappa shape index (κ1) is 12.7. The fourth-order valence-corrected chi connectivity index (χ4v) is 2.19. The van der Waals surface area contributed by atoms with Gasteiger partial charge in [0.15, 0.2) is 0 Å². The number of anilines is 2. The summed E-state index contributed by atoms with van der Waals surface area (Å²) in [7, 11) is 1.94. The lowest BCUT2D eigenvalue weighted by molar-refractivity contribution is 0.844. The van der Waals surface area contributed by atoms with Gasteiger partial charge in [0.25, 0.3) is 5.56 Å². The Morgan fingerprint density at radius 2 is 2.05 bits per heavy atom. The van der Waals surface area contributed by atoms with Crippen molar-refractivity contribution in [2.24, 2.45) is 0 Å². The van der Waals surface area contributed by atoms with Gasteiger partial charge < -0.3 is 15.6 Å². The average molecular weight is 270 g/mol. The van der Waals surface area contributed by atoms with Crippen molar-refractivity contribution in [1.29, 1.82) is 0 Å². The number of hydrogen-bond donors (Lipinski definition) is 2. The van der Waals surface area contributed by atoms with Gasteiger partial charge in [-0.05, 0) is 30.5 Å². The zero-order valence-corrected chi connectivity index (χ0v) is 11.5. The Morgan fingerprint density at radius 1 is 1.35 bits per heavy atom. The van der Waals surface area contributed by atoms with Crippen LogP contribution < -0.4 is 16.2 Å². The molecule has 1 aliphatic rings. The van der Waals surface area contributed by atoms with Crippen LogP contribution in [-0.4, -0.2) is 17.0 Å². The molecule has 1 fully saturated rings. The van der Waals surface area contributed by atoms with Gasteiger partial charge in [0, 0.05) is 31.3 Å². The lowest BCUT2D eigenvalue weighted by Crippen LogP contribution is -2.22. The third-order valence-corrected chi connectivity index (χ3v) is 3.50. The van der Waals surface area contributed by atoms with E-state index in [1.807, 2.05) is 36.2 Å². The van der Waals surface area contributed by atoms with Gasteiger partial charge in [0.2, 0.25) is 0 Å². The number of hydrogen-bond acceptors (Lipinski definition) is 4. The summed E-state index contributed by atoms with van der Waals surface area (Å²) in [5.74, 6) is 1.97. The maximum Gasteiger partial charge on any atom is 0.252 e. The number of nitrogen functional groups attached to an aromatic ring is 1. The van der Waals surface area contributed by atoms with Crippen LogP contribution >= 0.6 is 0 Å². The molecule has 0 radical (unpaired) electrons. The molecular weight excluding hydrogens is 252 g/mol. The molecule has 0 atom stereocenters. The van der Waals surface area contributed by atoms with Gasteiger partial charge in [0.1, 0.15) is 11.6 Å². The third kappa shape index (κ3) is 2.82. The molecule has 104 valence electrons. The lowest BCUT2D eigenvalue weighted by Gasteiger charge is -2.18. The van der Waals surface area contributed by atoms with Crippen LogP contribution in [0, 0.1) is 0 Å². The van der Waals surface area contributed by atoms with E-state index in [2.05, 4.69) is 9.97 Å². The van der Waals surface area contributed by atoms with Gasteiger partial charge in [-0.15, -0.1) is 0 Å². The van der Waals surface area contributed by atoms with Crippen LogP contribution in [0.25, 0.3) is 0 Å². The van der Waals surface area contributed by atoms with Gasteiger partial charge in [-0.1, -0.05) is 12.1 Å². The van der Waals surface area contributed by atoms with Crippen LogP contribution in [0.4, 0.5) is 11.5 Å². The molecule has 20 heavy (non-hydrogen) atoms. The van der Waals surface area contributed by atoms with Crippen LogP contribution in [0.1, 0.15) is 30.1 Å². The first-order valence-electron chi connectivity index (χ1n) is 6.78. The Hall–Kier alpha value is -2.30. The molecule has 5 heteroatoms. The second kappa shape index (κ2) is 5.00. The molecule has 3 N–H and O–H groups in total. The highest BCUT2D eigenvalue weighted by Crippen LogP contribution is 2.37. The van der Waals surface area contributed by atoms with E-state index in [1.165, 1.54) is 0 Å². The van der Waals surface area contributed by atoms with Crippen LogP contribution in [0.3, 0.4) is 0 Å². The summed E-state index contributed by atoms with van der Waals surface area (Å²) in [6.07, 6.45) is 2.24. The highest BCUT2D eigenvalue weighted by Gasteiger charge is 2.26. The molecule has 0 bridgehead atoms. The van der Waals surface area contributed by atoms with Crippen molar-refractivity contribution in [3.63, 3.8) is 0 Å². The van der Waals surface area contributed by atoms with E-state index in [4.69, 9.17) is 5.73 Å². The number of nitrogens with zero attached hydrogens (tertiary/aromatic N) is 2. The van der Waals surface area contributed by atoms with Crippen molar-refractivity contribution in [3.8, 4) is 0 Å². The average Bonchev–Trinajstić information content (AvgIpc) is 3.25. The van der Waals surface area contributed by atoms with Gasteiger partial charge in [0.05, 0.1) is 0 Å². The molecule has 0 saturated heterocycles. The molecule has 1 aromatic heterocycles. The van der Waals surface area contributed by atoms with Crippen molar-refractivity contribution < 1.29 is 0 Å². The van der Waals surface area contributed by atoms with E-state index >= 15 is 0 Å². The normalized spacial score (nSPS) is 14.2. The highest BCUT2D eigenvalue weighted by molar-refractivity contribution is 5.42.